The van der Waals surface area contributed by atoms with Gasteiger partial charge in [0.25, 0.3) is 5.91 Å². The van der Waals surface area contributed by atoms with Crippen molar-refractivity contribution in [2.24, 2.45) is 0 Å². The smallest absolute Gasteiger partial charge is 0.255 e. The molecule has 0 saturated heterocycles. The Morgan fingerprint density at radius 1 is 1.00 bits per heavy atom. The molecule has 0 bridgehead atoms. The maximum Gasteiger partial charge on any atom is 0.255 e. The van der Waals surface area contributed by atoms with Gasteiger partial charge in [-0.3, -0.25) is 4.79 Å². The third-order valence-corrected chi connectivity index (χ3v) is 4.23. The second-order valence-corrected chi connectivity index (χ2v) is 6.04. The SMILES string of the molecule is COc1cc(C)c(C(C)NC(=O)c2cc(Cl)ccc2OC)cc1OC. The number of rotatable bonds is 6. The summed E-state index contributed by atoms with van der Waals surface area (Å²) in [5, 5.41) is 3.44. The molecule has 2 rings (SSSR count). The minimum atomic E-state index is -0.263. The normalized spacial score (nSPS) is 11.6. The lowest BCUT2D eigenvalue weighted by atomic mass is 10.0. The number of aryl methyl sites for hydroxylation is 1. The Labute approximate surface area is 152 Å². The maximum atomic E-state index is 12.6. The number of benzene rings is 2. The lowest BCUT2D eigenvalue weighted by Gasteiger charge is -2.20. The standard InChI is InChI=1S/C19H22ClNO4/c1-11-8-17(24-4)18(25-5)10-14(11)12(2)21-19(22)15-9-13(20)6-7-16(15)23-3/h6-10,12H,1-5H3,(H,21,22). The molecular formula is C19H22ClNO4. The molecule has 0 heterocycles. The van der Waals surface area contributed by atoms with Gasteiger partial charge in [0.15, 0.2) is 11.5 Å². The van der Waals surface area contributed by atoms with E-state index in [2.05, 4.69) is 5.32 Å². The van der Waals surface area contributed by atoms with E-state index in [1.165, 1.54) is 7.11 Å². The Kier molecular flexibility index (Phi) is 6.15. The molecular weight excluding hydrogens is 342 g/mol. The van der Waals surface area contributed by atoms with E-state index in [1.807, 2.05) is 26.0 Å². The first-order valence-electron chi connectivity index (χ1n) is 7.78. The number of amides is 1. The molecule has 1 unspecified atom stereocenters. The molecule has 1 atom stereocenters. The van der Waals surface area contributed by atoms with Crippen LogP contribution in [0.25, 0.3) is 0 Å². The molecule has 2 aromatic carbocycles. The van der Waals surface area contributed by atoms with Gasteiger partial charge in [-0.1, -0.05) is 11.6 Å². The van der Waals surface area contributed by atoms with Crippen LogP contribution in [0.4, 0.5) is 0 Å². The fourth-order valence-corrected chi connectivity index (χ4v) is 2.84. The lowest BCUT2D eigenvalue weighted by molar-refractivity contribution is 0.0936. The minimum absolute atomic E-state index is 0.240. The number of hydrogen-bond acceptors (Lipinski definition) is 4. The van der Waals surface area contributed by atoms with Gasteiger partial charge in [-0.15, -0.1) is 0 Å². The van der Waals surface area contributed by atoms with Crippen molar-refractivity contribution in [2.45, 2.75) is 19.9 Å². The van der Waals surface area contributed by atoms with Crippen LogP contribution in [0.1, 0.15) is 34.5 Å². The highest BCUT2D eigenvalue weighted by molar-refractivity contribution is 6.31. The summed E-state index contributed by atoms with van der Waals surface area (Å²) in [6.45, 7) is 3.86. The largest absolute Gasteiger partial charge is 0.496 e. The zero-order chi connectivity index (χ0) is 18.6. The van der Waals surface area contributed by atoms with Crippen molar-refractivity contribution in [3.8, 4) is 17.2 Å². The number of carbonyl (C=O) groups excluding carboxylic acids is 1. The third kappa shape index (κ3) is 4.17. The Morgan fingerprint density at radius 3 is 2.20 bits per heavy atom. The quantitative estimate of drug-likeness (QED) is 0.837. The van der Waals surface area contributed by atoms with Gasteiger partial charge >= 0.3 is 0 Å². The van der Waals surface area contributed by atoms with Gasteiger partial charge in [0.2, 0.25) is 0 Å². The van der Waals surface area contributed by atoms with E-state index < -0.39 is 0 Å². The van der Waals surface area contributed by atoms with E-state index in [9.17, 15) is 4.79 Å². The van der Waals surface area contributed by atoms with E-state index >= 15 is 0 Å². The predicted octanol–water partition coefficient (Wildman–Crippen LogP) is 4.17. The third-order valence-electron chi connectivity index (χ3n) is 3.99. The molecule has 0 radical (unpaired) electrons. The number of carbonyl (C=O) groups is 1. The minimum Gasteiger partial charge on any atom is -0.496 e. The van der Waals surface area contributed by atoms with Crippen molar-refractivity contribution >= 4 is 17.5 Å². The van der Waals surface area contributed by atoms with Crippen molar-refractivity contribution in [3.63, 3.8) is 0 Å². The van der Waals surface area contributed by atoms with E-state index in [0.29, 0.717) is 27.8 Å². The van der Waals surface area contributed by atoms with E-state index in [1.54, 1.807) is 32.4 Å². The first kappa shape index (κ1) is 18.9. The van der Waals surface area contributed by atoms with Gasteiger partial charge < -0.3 is 19.5 Å². The van der Waals surface area contributed by atoms with Crippen molar-refractivity contribution in [3.05, 3.63) is 52.0 Å². The zero-order valence-electron chi connectivity index (χ0n) is 15.0. The number of nitrogens with one attached hydrogen (secondary N) is 1. The Balaban J connectivity index is 2.29. The highest BCUT2D eigenvalue weighted by atomic mass is 35.5. The van der Waals surface area contributed by atoms with Crippen LogP contribution in [0.2, 0.25) is 5.02 Å². The van der Waals surface area contributed by atoms with Crippen LogP contribution in [0.3, 0.4) is 0 Å². The number of methoxy groups -OCH3 is 3. The number of halogens is 1. The molecule has 0 aliphatic heterocycles. The molecule has 0 aliphatic rings. The van der Waals surface area contributed by atoms with Gasteiger partial charge in [0.05, 0.1) is 32.9 Å². The summed E-state index contributed by atoms with van der Waals surface area (Å²) in [5.41, 5.74) is 2.32. The van der Waals surface area contributed by atoms with Gasteiger partial charge in [0.1, 0.15) is 5.75 Å². The van der Waals surface area contributed by atoms with Crippen LogP contribution < -0.4 is 19.5 Å². The molecule has 6 heteroatoms. The van der Waals surface area contributed by atoms with Crippen LogP contribution >= 0.6 is 11.6 Å². The first-order valence-corrected chi connectivity index (χ1v) is 8.16. The van der Waals surface area contributed by atoms with Crippen LogP contribution in [-0.4, -0.2) is 27.2 Å². The van der Waals surface area contributed by atoms with Crippen molar-refractivity contribution in [1.82, 2.24) is 5.32 Å². The monoisotopic (exact) mass is 363 g/mol. The molecule has 0 aromatic heterocycles. The van der Waals surface area contributed by atoms with Crippen LogP contribution in [-0.2, 0) is 0 Å². The summed E-state index contributed by atoms with van der Waals surface area (Å²) in [7, 11) is 4.69. The molecule has 1 N–H and O–H groups in total. The van der Waals surface area contributed by atoms with Gasteiger partial charge in [-0.25, -0.2) is 0 Å². The van der Waals surface area contributed by atoms with E-state index in [0.717, 1.165) is 11.1 Å². The summed E-state index contributed by atoms with van der Waals surface area (Å²) in [5.74, 6) is 1.47. The summed E-state index contributed by atoms with van der Waals surface area (Å²) in [6.07, 6.45) is 0. The van der Waals surface area contributed by atoms with Gasteiger partial charge in [-0.05, 0) is 55.3 Å². The number of hydrogen-bond donors (Lipinski definition) is 1. The second-order valence-electron chi connectivity index (χ2n) is 5.60. The van der Waals surface area contributed by atoms with Crippen LogP contribution in [0.5, 0.6) is 17.2 Å². The summed E-state index contributed by atoms with van der Waals surface area (Å²) in [6, 6.07) is 8.45. The molecule has 0 saturated carbocycles. The molecule has 0 fully saturated rings. The number of ether oxygens (including phenoxy) is 3. The van der Waals surface area contributed by atoms with E-state index in [-0.39, 0.29) is 11.9 Å². The first-order chi connectivity index (χ1) is 11.9. The lowest BCUT2D eigenvalue weighted by Crippen LogP contribution is -2.27. The summed E-state index contributed by atoms with van der Waals surface area (Å²) >= 11 is 6.00. The molecule has 5 nitrogen and oxygen atoms in total. The fourth-order valence-electron chi connectivity index (χ4n) is 2.67. The Bertz CT molecular complexity index is 776. The highest BCUT2D eigenvalue weighted by Crippen LogP contribution is 2.33. The molecule has 0 aliphatic carbocycles. The Hall–Kier alpha value is -2.40. The average molecular weight is 364 g/mol. The second kappa shape index (κ2) is 8.12. The molecule has 0 spiro atoms. The van der Waals surface area contributed by atoms with Crippen molar-refractivity contribution in [1.29, 1.82) is 0 Å². The summed E-state index contributed by atoms with van der Waals surface area (Å²) < 4.78 is 15.9. The van der Waals surface area contributed by atoms with E-state index in [4.69, 9.17) is 25.8 Å². The fraction of sp³-hybridized carbons (Fsp3) is 0.316. The topological polar surface area (TPSA) is 56.8 Å². The molecule has 25 heavy (non-hydrogen) atoms. The van der Waals surface area contributed by atoms with Crippen LogP contribution in [0.15, 0.2) is 30.3 Å². The molecule has 1 amide bonds. The molecule has 2 aromatic rings. The van der Waals surface area contributed by atoms with Crippen molar-refractivity contribution < 1.29 is 19.0 Å². The maximum absolute atomic E-state index is 12.6. The van der Waals surface area contributed by atoms with Crippen LogP contribution in [0, 0.1) is 6.92 Å². The Morgan fingerprint density at radius 2 is 1.60 bits per heavy atom. The van der Waals surface area contributed by atoms with Gasteiger partial charge in [0, 0.05) is 5.02 Å². The zero-order valence-corrected chi connectivity index (χ0v) is 15.7. The summed E-state index contributed by atoms with van der Waals surface area (Å²) in [4.78, 5) is 12.6. The van der Waals surface area contributed by atoms with Crippen molar-refractivity contribution in [2.75, 3.05) is 21.3 Å². The highest BCUT2D eigenvalue weighted by Gasteiger charge is 2.19. The average Bonchev–Trinajstić information content (AvgIpc) is 2.61. The molecule has 134 valence electrons. The predicted molar refractivity (Wildman–Crippen MR) is 98.2 cm³/mol. The van der Waals surface area contributed by atoms with Gasteiger partial charge in [-0.2, -0.15) is 0 Å².